The number of hydrogen-bond acceptors (Lipinski definition) is 1. The summed E-state index contributed by atoms with van der Waals surface area (Å²) in [6.07, 6.45) is 6.63. The minimum atomic E-state index is -0.765. The molecule has 0 fully saturated rings. The lowest BCUT2D eigenvalue weighted by Gasteiger charge is -2.23. The molecule has 0 aliphatic carbocycles. The molecule has 1 atom stereocenters. The topological polar surface area (TPSA) is 9.23 Å². The van der Waals surface area contributed by atoms with Gasteiger partial charge in [-0.3, -0.25) is 0 Å². The standard InChI is InChI=1S/C15H20F2OSi/c1-2-3-11-4-5-12(18-9-11)10-19-13-6-7-14(16)15(17)8-13/h6-9,12H,2-5,10,19H2,1H3. The molecule has 0 spiro atoms. The maximum atomic E-state index is 13.1. The minimum absolute atomic E-state index is 0.264. The molecule has 1 aromatic rings. The molecule has 0 amide bonds. The fourth-order valence-electron chi connectivity index (χ4n) is 2.41. The Morgan fingerprint density at radius 2 is 2.16 bits per heavy atom. The van der Waals surface area contributed by atoms with E-state index in [1.165, 1.54) is 17.7 Å². The molecule has 0 N–H and O–H groups in total. The van der Waals surface area contributed by atoms with Gasteiger partial charge in [-0.15, -0.1) is 0 Å². The third kappa shape index (κ3) is 4.16. The minimum Gasteiger partial charge on any atom is -0.498 e. The number of benzene rings is 1. The highest BCUT2D eigenvalue weighted by Crippen LogP contribution is 2.22. The Labute approximate surface area is 115 Å². The van der Waals surface area contributed by atoms with Crippen LogP contribution in [0.3, 0.4) is 0 Å². The van der Waals surface area contributed by atoms with Crippen molar-refractivity contribution in [2.75, 3.05) is 0 Å². The third-order valence-corrected chi connectivity index (χ3v) is 5.47. The van der Waals surface area contributed by atoms with Crippen LogP contribution in [0.25, 0.3) is 0 Å². The van der Waals surface area contributed by atoms with Gasteiger partial charge in [-0.1, -0.05) is 24.6 Å². The van der Waals surface area contributed by atoms with E-state index in [9.17, 15) is 8.78 Å². The Hall–Kier alpha value is -1.16. The fourth-order valence-corrected chi connectivity index (χ4v) is 4.09. The van der Waals surface area contributed by atoms with Crippen molar-refractivity contribution in [1.82, 2.24) is 0 Å². The van der Waals surface area contributed by atoms with Crippen molar-refractivity contribution in [3.05, 3.63) is 41.7 Å². The molecule has 19 heavy (non-hydrogen) atoms. The smallest absolute Gasteiger partial charge is 0.158 e. The summed E-state index contributed by atoms with van der Waals surface area (Å²) in [6, 6.07) is 5.24. The quantitative estimate of drug-likeness (QED) is 0.754. The second-order valence-corrected chi connectivity index (χ2v) is 7.00. The lowest BCUT2D eigenvalue weighted by atomic mass is 10.0. The van der Waals surface area contributed by atoms with Crippen molar-refractivity contribution < 1.29 is 13.5 Å². The Morgan fingerprint density at radius 1 is 1.32 bits per heavy atom. The molecule has 1 nitrogen and oxygen atoms in total. The summed E-state index contributed by atoms with van der Waals surface area (Å²) in [5, 5.41) is 0.964. The Balaban J connectivity index is 1.82. The van der Waals surface area contributed by atoms with Crippen molar-refractivity contribution in [3.63, 3.8) is 0 Å². The van der Waals surface area contributed by atoms with Crippen LogP contribution in [0, 0.1) is 11.6 Å². The monoisotopic (exact) mass is 282 g/mol. The largest absolute Gasteiger partial charge is 0.498 e. The van der Waals surface area contributed by atoms with Gasteiger partial charge in [-0.25, -0.2) is 8.78 Å². The van der Waals surface area contributed by atoms with E-state index in [4.69, 9.17) is 4.74 Å². The predicted molar refractivity (Wildman–Crippen MR) is 76.4 cm³/mol. The van der Waals surface area contributed by atoms with E-state index in [1.807, 2.05) is 6.26 Å². The van der Waals surface area contributed by atoms with E-state index in [0.29, 0.717) is 0 Å². The zero-order valence-corrected chi connectivity index (χ0v) is 12.7. The number of allylic oxidation sites excluding steroid dienone is 1. The van der Waals surface area contributed by atoms with Crippen molar-refractivity contribution in [3.8, 4) is 0 Å². The molecule has 0 radical (unpaired) electrons. The highest BCUT2D eigenvalue weighted by atomic mass is 28.2. The van der Waals surface area contributed by atoms with Crippen LogP contribution in [0.2, 0.25) is 6.04 Å². The Bertz CT molecular complexity index is 459. The van der Waals surface area contributed by atoms with E-state index < -0.39 is 21.2 Å². The zero-order chi connectivity index (χ0) is 13.7. The van der Waals surface area contributed by atoms with E-state index in [-0.39, 0.29) is 6.10 Å². The summed E-state index contributed by atoms with van der Waals surface area (Å²) in [5.41, 5.74) is 1.40. The van der Waals surface area contributed by atoms with E-state index >= 15 is 0 Å². The average Bonchev–Trinajstić information content (AvgIpc) is 2.42. The normalized spacial score (nSPS) is 19.5. The molecule has 2 rings (SSSR count). The second-order valence-electron chi connectivity index (χ2n) is 5.11. The molecule has 1 aromatic carbocycles. The molecule has 0 aromatic heterocycles. The summed E-state index contributed by atoms with van der Waals surface area (Å²) in [5.74, 6) is -1.50. The van der Waals surface area contributed by atoms with Crippen molar-refractivity contribution >= 4 is 14.7 Å². The lowest BCUT2D eigenvalue weighted by Crippen LogP contribution is -2.23. The number of hydrogen-bond donors (Lipinski definition) is 0. The molecule has 1 unspecified atom stereocenters. The number of ether oxygens (including phenoxy) is 1. The SMILES string of the molecule is CCCC1=COC(C[SiH2]c2ccc(F)c(F)c2)CC1. The first-order valence-corrected chi connectivity index (χ1v) is 8.67. The molecular weight excluding hydrogens is 262 g/mol. The van der Waals surface area contributed by atoms with Crippen molar-refractivity contribution in [1.29, 1.82) is 0 Å². The van der Waals surface area contributed by atoms with Gasteiger partial charge in [-0.05, 0) is 43.0 Å². The van der Waals surface area contributed by atoms with E-state index in [1.54, 1.807) is 6.07 Å². The van der Waals surface area contributed by atoms with Gasteiger partial charge < -0.3 is 4.74 Å². The summed E-state index contributed by atoms with van der Waals surface area (Å²) in [4.78, 5) is 0. The molecular formula is C15H20F2OSi. The van der Waals surface area contributed by atoms with Crippen LogP contribution in [-0.2, 0) is 4.74 Å². The summed E-state index contributed by atoms with van der Waals surface area (Å²) < 4.78 is 31.6. The van der Waals surface area contributed by atoms with Gasteiger partial charge in [0.2, 0.25) is 0 Å². The molecule has 0 saturated heterocycles. The maximum Gasteiger partial charge on any atom is 0.158 e. The van der Waals surface area contributed by atoms with Gasteiger partial charge in [0.15, 0.2) is 11.6 Å². The fraction of sp³-hybridized carbons (Fsp3) is 0.467. The van der Waals surface area contributed by atoms with Crippen LogP contribution in [0.15, 0.2) is 30.0 Å². The van der Waals surface area contributed by atoms with Gasteiger partial charge in [-0.2, -0.15) is 0 Å². The number of rotatable bonds is 5. The van der Waals surface area contributed by atoms with Crippen LogP contribution in [-0.4, -0.2) is 15.6 Å². The summed E-state index contributed by atoms with van der Waals surface area (Å²) >= 11 is 0. The van der Waals surface area contributed by atoms with Crippen LogP contribution in [0.5, 0.6) is 0 Å². The van der Waals surface area contributed by atoms with Gasteiger partial charge in [0.1, 0.15) is 0 Å². The predicted octanol–water partition coefficient (Wildman–Crippen LogP) is 3.04. The first-order valence-electron chi connectivity index (χ1n) is 6.96. The molecule has 0 saturated carbocycles. The van der Waals surface area contributed by atoms with Crippen LogP contribution in [0.1, 0.15) is 32.6 Å². The molecule has 4 heteroatoms. The van der Waals surface area contributed by atoms with Gasteiger partial charge in [0.05, 0.1) is 21.9 Å². The maximum absolute atomic E-state index is 13.1. The molecule has 1 aliphatic heterocycles. The van der Waals surface area contributed by atoms with Gasteiger partial charge in [0.25, 0.3) is 0 Å². The van der Waals surface area contributed by atoms with Crippen LogP contribution in [0.4, 0.5) is 8.78 Å². The van der Waals surface area contributed by atoms with E-state index in [0.717, 1.165) is 36.9 Å². The Kier molecular flexibility index (Phi) is 5.13. The summed E-state index contributed by atoms with van der Waals surface area (Å²) in [6.45, 7) is 2.17. The third-order valence-electron chi connectivity index (χ3n) is 3.52. The highest BCUT2D eigenvalue weighted by Gasteiger charge is 2.15. The van der Waals surface area contributed by atoms with Crippen LogP contribution >= 0.6 is 0 Å². The average molecular weight is 282 g/mol. The first kappa shape index (κ1) is 14.3. The molecule has 0 bridgehead atoms. The molecule has 1 aliphatic rings. The first-order chi connectivity index (χ1) is 9.19. The Morgan fingerprint density at radius 3 is 2.79 bits per heavy atom. The second kappa shape index (κ2) is 6.85. The summed E-state index contributed by atoms with van der Waals surface area (Å²) in [7, 11) is -0.583. The zero-order valence-electron chi connectivity index (χ0n) is 11.3. The molecule has 104 valence electrons. The number of halogens is 2. The van der Waals surface area contributed by atoms with Gasteiger partial charge in [0, 0.05) is 0 Å². The molecule has 1 heterocycles. The van der Waals surface area contributed by atoms with Crippen LogP contribution < -0.4 is 5.19 Å². The van der Waals surface area contributed by atoms with Crippen molar-refractivity contribution in [2.24, 2.45) is 0 Å². The highest BCUT2D eigenvalue weighted by molar-refractivity contribution is 6.53. The lowest BCUT2D eigenvalue weighted by molar-refractivity contribution is 0.135. The van der Waals surface area contributed by atoms with Gasteiger partial charge >= 0.3 is 0 Å². The van der Waals surface area contributed by atoms with Crippen molar-refractivity contribution in [2.45, 2.75) is 44.8 Å². The van der Waals surface area contributed by atoms with E-state index in [2.05, 4.69) is 6.92 Å².